The maximum atomic E-state index is 14.0. The van der Waals surface area contributed by atoms with Crippen molar-refractivity contribution < 1.29 is 33.9 Å². The molecule has 3 unspecified atom stereocenters. The number of thiazole rings is 1. The summed E-state index contributed by atoms with van der Waals surface area (Å²) in [5, 5.41) is 21.7. The molecule has 6 heterocycles. The van der Waals surface area contributed by atoms with Gasteiger partial charge in [-0.05, 0) is 54.7 Å². The van der Waals surface area contributed by atoms with Crippen molar-refractivity contribution >= 4 is 63.3 Å². The van der Waals surface area contributed by atoms with Crippen LogP contribution in [0.25, 0.3) is 0 Å². The average molecular weight is 832 g/mol. The lowest BCUT2D eigenvalue weighted by molar-refractivity contribution is -0.139. The van der Waals surface area contributed by atoms with Gasteiger partial charge in [-0.3, -0.25) is 49.2 Å². The van der Waals surface area contributed by atoms with E-state index in [0.29, 0.717) is 47.6 Å². The molecule has 3 saturated heterocycles. The molecule has 0 radical (unpaired) electrons. The monoisotopic (exact) mass is 831 g/mol. The van der Waals surface area contributed by atoms with Crippen molar-refractivity contribution in [3.8, 4) is 0 Å². The van der Waals surface area contributed by atoms with Crippen LogP contribution in [0, 0.1) is 0 Å². The fourth-order valence-corrected chi connectivity index (χ4v) is 9.76. The van der Waals surface area contributed by atoms with Crippen LogP contribution in [0.1, 0.15) is 75.4 Å². The minimum Gasteiger partial charge on any atom is -0.376 e. The molecule has 0 saturated carbocycles. The number of fused-ring (bicyclic) bond motifs is 2. The van der Waals surface area contributed by atoms with Gasteiger partial charge in [-0.15, -0.1) is 11.3 Å². The quantitative estimate of drug-likeness (QED) is 0.172. The maximum absolute atomic E-state index is 14.0. The van der Waals surface area contributed by atoms with E-state index in [4.69, 9.17) is 0 Å². The third kappa shape index (κ3) is 7.48. The first-order valence-corrected chi connectivity index (χ1v) is 21.2. The molecule has 4 aromatic rings. The van der Waals surface area contributed by atoms with Gasteiger partial charge in [0.1, 0.15) is 12.1 Å². The number of aliphatic hydroxyl groups is 1. The first kappa shape index (κ1) is 39.3. The van der Waals surface area contributed by atoms with E-state index in [1.165, 1.54) is 11.3 Å². The Morgan fingerprint density at radius 1 is 0.883 bits per heavy atom. The molecule has 3 fully saturated rings. The molecule has 5 aliphatic heterocycles. The van der Waals surface area contributed by atoms with Crippen LogP contribution in [0.4, 0.5) is 16.5 Å². The summed E-state index contributed by atoms with van der Waals surface area (Å²) in [6, 6.07) is 18.9. The molecule has 3 atom stereocenters. The van der Waals surface area contributed by atoms with Gasteiger partial charge in [0, 0.05) is 97.9 Å². The number of nitrogens with zero attached hydrogens (tertiary/aromatic N) is 6. The number of amides is 6. The van der Waals surface area contributed by atoms with Crippen LogP contribution in [-0.4, -0.2) is 123 Å². The molecular weight excluding hydrogens is 787 g/mol. The summed E-state index contributed by atoms with van der Waals surface area (Å²) in [6.45, 7) is 4.59. The van der Waals surface area contributed by atoms with E-state index in [9.17, 15) is 33.9 Å². The molecule has 0 spiro atoms. The van der Waals surface area contributed by atoms with E-state index >= 15 is 0 Å². The number of hydrogen-bond donors (Lipinski definition) is 4. The van der Waals surface area contributed by atoms with Crippen molar-refractivity contribution in [2.45, 2.75) is 56.6 Å². The van der Waals surface area contributed by atoms with E-state index in [2.05, 4.69) is 36.8 Å². The zero-order chi connectivity index (χ0) is 41.5. The second-order valence-corrected chi connectivity index (χ2v) is 16.6. The van der Waals surface area contributed by atoms with E-state index < -0.39 is 36.0 Å². The summed E-state index contributed by atoms with van der Waals surface area (Å²) < 4.78 is 0. The normalized spacial score (nSPS) is 21.5. The Bertz CT molecular complexity index is 2330. The SMILES string of the molecule is O=C1CCC(N2C(=O)c3cccc(NCC(=O)N4CCN(C5CCN(c6ccc7c(c6)C(=O)N(C(C(=O)Nc6nccs6)c6ccccc6)C7)CC5)CC4)c3C2O)C(=O)N1. The number of imide groups is 1. The Labute approximate surface area is 350 Å². The van der Waals surface area contributed by atoms with Crippen LogP contribution in [0.2, 0.25) is 0 Å². The van der Waals surface area contributed by atoms with Crippen LogP contribution in [0.3, 0.4) is 0 Å². The summed E-state index contributed by atoms with van der Waals surface area (Å²) in [5.74, 6) is -2.10. The summed E-state index contributed by atoms with van der Waals surface area (Å²) in [7, 11) is 0. The molecule has 16 nitrogen and oxygen atoms in total. The highest BCUT2D eigenvalue weighted by Crippen LogP contribution is 2.40. The van der Waals surface area contributed by atoms with Crippen molar-refractivity contribution in [1.82, 2.24) is 29.9 Å². The van der Waals surface area contributed by atoms with Gasteiger partial charge in [0.15, 0.2) is 11.4 Å². The number of benzene rings is 3. The topological polar surface area (TPSA) is 188 Å². The molecule has 310 valence electrons. The van der Waals surface area contributed by atoms with E-state index in [1.807, 2.05) is 47.4 Å². The zero-order valence-corrected chi connectivity index (χ0v) is 33.6. The summed E-state index contributed by atoms with van der Waals surface area (Å²) in [4.78, 5) is 92.0. The van der Waals surface area contributed by atoms with Gasteiger partial charge in [0.05, 0.1) is 6.54 Å². The van der Waals surface area contributed by atoms with Gasteiger partial charge in [-0.2, -0.15) is 0 Å². The van der Waals surface area contributed by atoms with Crippen molar-refractivity contribution in [3.05, 3.63) is 106 Å². The Balaban J connectivity index is 0.769. The number of aromatic nitrogens is 1. The number of piperazine rings is 1. The van der Waals surface area contributed by atoms with Crippen LogP contribution in [-0.2, 0) is 25.7 Å². The van der Waals surface area contributed by atoms with Crippen molar-refractivity contribution in [3.63, 3.8) is 0 Å². The highest BCUT2D eigenvalue weighted by Gasteiger charge is 2.45. The molecule has 0 aliphatic carbocycles. The van der Waals surface area contributed by atoms with Crippen LogP contribution in [0.5, 0.6) is 0 Å². The number of carbonyl (C=O) groups is 6. The van der Waals surface area contributed by atoms with Gasteiger partial charge >= 0.3 is 0 Å². The van der Waals surface area contributed by atoms with E-state index in [0.717, 1.165) is 60.7 Å². The highest BCUT2D eigenvalue weighted by molar-refractivity contribution is 7.13. The minimum atomic E-state index is -1.40. The lowest BCUT2D eigenvalue weighted by Gasteiger charge is -2.43. The molecule has 9 rings (SSSR count). The Hall–Kier alpha value is -6.17. The minimum absolute atomic E-state index is 0.0258. The number of hydrogen-bond acceptors (Lipinski definition) is 12. The Kier molecular flexibility index (Phi) is 10.8. The number of aliphatic hydroxyl groups excluding tert-OH is 1. The highest BCUT2D eigenvalue weighted by atomic mass is 32.1. The lowest BCUT2D eigenvalue weighted by Crippen LogP contribution is -2.55. The second-order valence-electron chi connectivity index (χ2n) is 15.7. The third-order valence-corrected chi connectivity index (χ3v) is 13.0. The van der Waals surface area contributed by atoms with E-state index in [-0.39, 0.29) is 42.7 Å². The Morgan fingerprint density at radius 3 is 2.40 bits per heavy atom. The van der Waals surface area contributed by atoms with Gasteiger partial charge in [-0.1, -0.05) is 42.5 Å². The second kappa shape index (κ2) is 16.5. The number of nitrogens with one attached hydrogen (secondary N) is 3. The van der Waals surface area contributed by atoms with E-state index in [1.54, 1.807) is 34.7 Å². The van der Waals surface area contributed by atoms with Gasteiger partial charge in [0.25, 0.3) is 17.7 Å². The zero-order valence-electron chi connectivity index (χ0n) is 32.8. The fraction of sp³-hybridized carbons (Fsp3) is 0.372. The predicted molar refractivity (Wildman–Crippen MR) is 222 cm³/mol. The maximum Gasteiger partial charge on any atom is 0.257 e. The van der Waals surface area contributed by atoms with Crippen molar-refractivity contribution in [1.29, 1.82) is 0 Å². The van der Waals surface area contributed by atoms with Crippen LogP contribution >= 0.6 is 11.3 Å². The van der Waals surface area contributed by atoms with Crippen LogP contribution in [0.15, 0.2) is 78.3 Å². The number of rotatable bonds is 10. The molecule has 17 heteroatoms. The lowest BCUT2D eigenvalue weighted by atomic mass is 10.0. The molecule has 0 bridgehead atoms. The largest absolute Gasteiger partial charge is 0.376 e. The molecule has 4 N–H and O–H groups in total. The number of carbonyl (C=O) groups excluding carboxylic acids is 6. The molecule has 1 aromatic heterocycles. The Morgan fingerprint density at radius 2 is 1.67 bits per heavy atom. The molecule has 6 amide bonds. The van der Waals surface area contributed by atoms with Gasteiger partial charge in [-0.25, -0.2) is 4.98 Å². The summed E-state index contributed by atoms with van der Waals surface area (Å²) in [6.07, 6.45) is 2.31. The first-order chi connectivity index (χ1) is 29.1. The smallest absolute Gasteiger partial charge is 0.257 e. The molecule has 60 heavy (non-hydrogen) atoms. The molecule has 3 aromatic carbocycles. The standard InChI is InChI=1S/C43H45N9O7S/c53-34-12-11-33(38(55)46-34)52-41(58)30-7-4-8-32(36(30)42(52)59)45-24-35(54)50-20-18-49(19-21-50)28-13-16-48(17-14-28)29-10-9-27-25-51(40(57)31(27)23-29)37(26-5-2-1-3-6-26)39(56)47-43-44-15-22-60-43/h1-10,15,22-23,28,33,37,42,45,59H,11-14,16-21,24-25H2,(H,44,47,56)(H,46,53,55). The third-order valence-electron chi connectivity index (χ3n) is 12.3. The van der Waals surface area contributed by atoms with Crippen LogP contribution < -0.4 is 20.9 Å². The fourth-order valence-electron chi connectivity index (χ4n) is 9.22. The predicted octanol–water partition coefficient (Wildman–Crippen LogP) is 2.96. The van der Waals surface area contributed by atoms with Gasteiger partial charge in [0.2, 0.25) is 17.7 Å². The first-order valence-electron chi connectivity index (χ1n) is 20.3. The summed E-state index contributed by atoms with van der Waals surface area (Å²) >= 11 is 1.33. The molecule has 5 aliphatic rings. The summed E-state index contributed by atoms with van der Waals surface area (Å²) in [5.41, 5.74) is 4.23. The van der Waals surface area contributed by atoms with Crippen molar-refractivity contribution in [2.24, 2.45) is 0 Å². The van der Waals surface area contributed by atoms with Crippen molar-refractivity contribution in [2.75, 3.05) is 61.3 Å². The van der Waals surface area contributed by atoms with Gasteiger partial charge < -0.3 is 25.1 Å². The number of anilines is 3. The molecular formula is C43H45N9O7S. The average Bonchev–Trinajstić information content (AvgIpc) is 3.97. The number of piperidine rings is 2.